The van der Waals surface area contributed by atoms with E-state index in [4.69, 9.17) is 9.52 Å². The Labute approximate surface area is 183 Å². The van der Waals surface area contributed by atoms with Crippen molar-refractivity contribution in [2.45, 2.75) is 84.3 Å². The van der Waals surface area contributed by atoms with Crippen molar-refractivity contribution in [3.05, 3.63) is 59.4 Å². The molecule has 164 valence electrons. The fourth-order valence-corrected chi connectivity index (χ4v) is 7.77. The smallest absolute Gasteiger partial charge is 0.192 e. The number of rotatable bonds is 7. The minimum atomic E-state index is -1.80. The number of aryl methyl sites for hydroxylation is 2. The van der Waals surface area contributed by atoms with E-state index >= 15 is 0 Å². The third kappa shape index (κ3) is 4.63. The fraction of sp³-hybridized carbons (Fsp3) is 0.560. The summed E-state index contributed by atoms with van der Waals surface area (Å²) >= 11 is 0. The van der Waals surface area contributed by atoms with Gasteiger partial charge >= 0.3 is 0 Å². The summed E-state index contributed by atoms with van der Waals surface area (Å²) in [5.74, 6) is 0.0437. The Kier molecular flexibility index (Phi) is 7.37. The van der Waals surface area contributed by atoms with Crippen LogP contribution in [0.3, 0.4) is 0 Å². The van der Waals surface area contributed by atoms with E-state index in [0.29, 0.717) is 0 Å². The highest BCUT2D eigenvalue weighted by molar-refractivity contribution is 6.73. The van der Waals surface area contributed by atoms with Crippen LogP contribution in [-0.4, -0.2) is 35.4 Å². The van der Waals surface area contributed by atoms with Crippen LogP contribution in [0.5, 0.6) is 0 Å². The highest BCUT2D eigenvalue weighted by Gasteiger charge is 2.40. The molecule has 1 N–H and O–H groups in total. The zero-order chi connectivity index (χ0) is 21.9. The van der Waals surface area contributed by atoms with Crippen LogP contribution in [0, 0.1) is 19.8 Å². The highest BCUT2D eigenvalue weighted by atomic mass is 28.4. The monoisotopic (exact) mass is 426 g/mol. The number of aromatic nitrogens is 2. The first kappa shape index (κ1) is 23.0. The standard InChI is InChI=1S/C25H38N2O2Si/c1-7-30(8-2,9-3)29-25-17-23(27-19(5)15-18(4)26-27)22(16-24(28)20(25)6)21-13-11-10-12-14-21/h10-16,20,23-25,28H,7-9,17H2,1-6H3/t20-,23?,24-,25-/m0/s1. The first-order valence-electron chi connectivity index (χ1n) is 11.5. The first-order valence-corrected chi connectivity index (χ1v) is 14.0. The quantitative estimate of drug-likeness (QED) is 0.559. The van der Waals surface area contributed by atoms with Crippen molar-refractivity contribution in [2.24, 2.45) is 5.92 Å². The molecule has 0 saturated carbocycles. The van der Waals surface area contributed by atoms with Gasteiger partial charge in [0.25, 0.3) is 0 Å². The molecule has 1 unspecified atom stereocenters. The summed E-state index contributed by atoms with van der Waals surface area (Å²) in [7, 11) is -1.80. The SMILES string of the molecule is CC[Si](CC)(CC)O[C@H]1CC(n2nc(C)cc2C)C(c2ccccc2)=C[C@H](O)[C@@H]1C. The molecule has 0 aliphatic heterocycles. The van der Waals surface area contributed by atoms with Crippen LogP contribution in [0.4, 0.5) is 0 Å². The summed E-state index contributed by atoms with van der Waals surface area (Å²) in [4.78, 5) is 0. The lowest BCUT2D eigenvalue weighted by Crippen LogP contribution is -2.44. The Bertz CT molecular complexity index is 849. The van der Waals surface area contributed by atoms with Gasteiger partial charge in [-0.05, 0) is 61.7 Å². The van der Waals surface area contributed by atoms with E-state index in [1.54, 1.807) is 0 Å². The number of nitrogens with zero attached hydrogens (tertiary/aromatic N) is 2. The maximum atomic E-state index is 11.1. The Balaban J connectivity index is 2.07. The molecule has 1 aliphatic carbocycles. The molecule has 3 rings (SSSR count). The van der Waals surface area contributed by atoms with E-state index in [1.165, 1.54) is 0 Å². The third-order valence-corrected chi connectivity index (χ3v) is 11.7. The summed E-state index contributed by atoms with van der Waals surface area (Å²) in [6, 6.07) is 15.9. The molecule has 0 radical (unpaired) electrons. The van der Waals surface area contributed by atoms with E-state index < -0.39 is 14.4 Å². The average Bonchev–Trinajstić information content (AvgIpc) is 3.04. The summed E-state index contributed by atoms with van der Waals surface area (Å²) in [5.41, 5.74) is 4.46. The summed E-state index contributed by atoms with van der Waals surface area (Å²) in [5, 5.41) is 16.0. The molecule has 1 aromatic heterocycles. The van der Waals surface area contributed by atoms with Gasteiger partial charge in [0.1, 0.15) is 0 Å². The molecule has 0 saturated heterocycles. The van der Waals surface area contributed by atoms with Crippen LogP contribution in [0.2, 0.25) is 18.1 Å². The molecule has 0 amide bonds. The number of allylic oxidation sites excluding steroid dienone is 1. The van der Waals surface area contributed by atoms with Crippen LogP contribution in [0.25, 0.3) is 5.57 Å². The van der Waals surface area contributed by atoms with E-state index in [9.17, 15) is 5.11 Å². The number of benzene rings is 1. The predicted octanol–water partition coefficient (Wildman–Crippen LogP) is 5.92. The van der Waals surface area contributed by atoms with E-state index in [2.05, 4.69) is 75.7 Å². The third-order valence-electron chi connectivity index (χ3n) is 7.07. The normalized spacial score (nSPS) is 25.1. The second-order valence-electron chi connectivity index (χ2n) is 8.86. The number of aliphatic hydroxyl groups is 1. The van der Waals surface area contributed by atoms with E-state index in [-0.39, 0.29) is 18.1 Å². The molecule has 1 aliphatic rings. The lowest BCUT2D eigenvalue weighted by molar-refractivity contribution is 0.0479. The second-order valence-corrected chi connectivity index (χ2v) is 13.6. The van der Waals surface area contributed by atoms with Gasteiger partial charge in [-0.2, -0.15) is 5.10 Å². The molecule has 1 heterocycles. The van der Waals surface area contributed by atoms with Crippen LogP contribution in [0.15, 0.2) is 42.5 Å². The lowest BCUT2D eigenvalue weighted by atomic mass is 9.94. The van der Waals surface area contributed by atoms with Gasteiger partial charge in [0.15, 0.2) is 8.32 Å². The molecule has 30 heavy (non-hydrogen) atoms. The van der Waals surface area contributed by atoms with Crippen LogP contribution in [-0.2, 0) is 4.43 Å². The molecule has 4 nitrogen and oxygen atoms in total. The summed E-state index contributed by atoms with van der Waals surface area (Å²) < 4.78 is 9.12. The van der Waals surface area contributed by atoms with Crippen molar-refractivity contribution in [3.63, 3.8) is 0 Å². The molecular weight excluding hydrogens is 388 g/mol. The molecule has 0 spiro atoms. The largest absolute Gasteiger partial charge is 0.413 e. The zero-order valence-electron chi connectivity index (χ0n) is 19.4. The summed E-state index contributed by atoms with van der Waals surface area (Å²) in [6.45, 7) is 13.1. The molecular formula is C25H38N2O2Si. The van der Waals surface area contributed by atoms with Crippen molar-refractivity contribution < 1.29 is 9.53 Å². The molecule has 1 aromatic carbocycles. The second kappa shape index (κ2) is 9.63. The minimum Gasteiger partial charge on any atom is -0.413 e. The van der Waals surface area contributed by atoms with Crippen LogP contribution < -0.4 is 0 Å². The van der Waals surface area contributed by atoms with Crippen LogP contribution >= 0.6 is 0 Å². The van der Waals surface area contributed by atoms with Crippen LogP contribution in [0.1, 0.15) is 57.1 Å². The first-order chi connectivity index (χ1) is 14.3. The van der Waals surface area contributed by atoms with E-state index in [1.807, 2.05) is 13.0 Å². The molecule has 4 atom stereocenters. The topological polar surface area (TPSA) is 47.3 Å². The van der Waals surface area contributed by atoms with Crippen molar-refractivity contribution in [3.8, 4) is 0 Å². The van der Waals surface area contributed by atoms with Gasteiger partial charge in [-0.3, -0.25) is 4.68 Å². The van der Waals surface area contributed by atoms with Crippen molar-refractivity contribution in [1.82, 2.24) is 9.78 Å². The predicted molar refractivity (Wildman–Crippen MR) is 127 cm³/mol. The average molecular weight is 427 g/mol. The molecule has 5 heteroatoms. The van der Waals surface area contributed by atoms with Gasteiger partial charge in [-0.1, -0.05) is 58.0 Å². The molecule has 2 aromatic rings. The van der Waals surface area contributed by atoms with Crippen molar-refractivity contribution >= 4 is 13.9 Å². The fourth-order valence-electron chi connectivity index (χ4n) is 4.82. The number of hydrogen-bond donors (Lipinski definition) is 1. The Morgan fingerprint density at radius 2 is 1.73 bits per heavy atom. The maximum Gasteiger partial charge on any atom is 0.192 e. The maximum absolute atomic E-state index is 11.1. The van der Waals surface area contributed by atoms with Gasteiger partial charge in [0, 0.05) is 11.6 Å². The number of hydrogen-bond acceptors (Lipinski definition) is 3. The summed E-state index contributed by atoms with van der Waals surface area (Å²) in [6.07, 6.45) is 2.36. The number of aliphatic hydroxyl groups excluding tert-OH is 1. The van der Waals surface area contributed by atoms with Gasteiger partial charge in [-0.25, -0.2) is 0 Å². The Morgan fingerprint density at radius 3 is 2.27 bits per heavy atom. The molecule has 0 bridgehead atoms. The van der Waals surface area contributed by atoms with Gasteiger partial charge in [0.2, 0.25) is 0 Å². The lowest BCUT2D eigenvalue weighted by Gasteiger charge is -2.37. The van der Waals surface area contributed by atoms with Gasteiger partial charge in [0.05, 0.1) is 23.9 Å². The van der Waals surface area contributed by atoms with Crippen molar-refractivity contribution in [2.75, 3.05) is 0 Å². The zero-order valence-corrected chi connectivity index (χ0v) is 20.4. The van der Waals surface area contributed by atoms with E-state index in [0.717, 1.165) is 47.1 Å². The van der Waals surface area contributed by atoms with Crippen molar-refractivity contribution in [1.29, 1.82) is 0 Å². The molecule has 0 fully saturated rings. The Morgan fingerprint density at radius 1 is 1.10 bits per heavy atom. The van der Waals surface area contributed by atoms with Gasteiger partial charge < -0.3 is 9.53 Å². The Hall–Kier alpha value is -1.69. The van der Waals surface area contributed by atoms with Gasteiger partial charge in [-0.15, -0.1) is 0 Å². The highest BCUT2D eigenvalue weighted by Crippen LogP contribution is 2.40. The minimum absolute atomic E-state index is 0.0119.